The molecule has 0 aliphatic carbocycles. The summed E-state index contributed by atoms with van der Waals surface area (Å²) in [6.45, 7) is 3.11. The summed E-state index contributed by atoms with van der Waals surface area (Å²) in [6, 6.07) is 1.96. The van der Waals surface area contributed by atoms with Gasteiger partial charge in [0.05, 0.1) is 19.4 Å². The molecule has 2 unspecified atom stereocenters. The molecule has 2 atom stereocenters. The minimum Gasteiger partial charge on any atom is -0.469 e. The highest BCUT2D eigenvalue weighted by Crippen LogP contribution is 2.24. The van der Waals surface area contributed by atoms with Gasteiger partial charge in [0, 0.05) is 13.1 Å². The number of rotatable bonds is 3. The Morgan fingerprint density at radius 1 is 1.50 bits per heavy atom. The van der Waals surface area contributed by atoms with E-state index in [-0.39, 0.29) is 23.7 Å². The van der Waals surface area contributed by atoms with Crippen LogP contribution >= 0.6 is 11.3 Å². The Kier molecular flexibility index (Phi) is 4.01. The van der Waals surface area contributed by atoms with Crippen molar-refractivity contribution in [3.63, 3.8) is 0 Å². The Bertz CT molecular complexity index is 429. The number of esters is 1. The lowest BCUT2D eigenvalue weighted by Gasteiger charge is -2.15. The molecule has 1 aliphatic rings. The van der Waals surface area contributed by atoms with Gasteiger partial charge < -0.3 is 9.64 Å². The average Bonchev–Trinajstić information content (AvgIpc) is 2.97. The van der Waals surface area contributed by atoms with Gasteiger partial charge >= 0.3 is 5.97 Å². The molecule has 1 aromatic heterocycles. The zero-order valence-electron chi connectivity index (χ0n) is 10.6. The van der Waals surface area contributed by atoms with E-state index in [0.29, 0.717) is 19.5 Å². The van der Waals surface area contributed by atoms with Gasteiger partial charge in [-0.3, -0.25) is 9.59 Å². The van der Waals surface area contributed by atoms with Gasteiger partial charge in [0.2, 0.25) is 5.91 Å². The maximum Gasteiger partial charge on any atom is 0.310 e. The fraction of sp³-hybridized carbons (Fsp3) is 0.538. The summed E-state index contributed by atoms with van der Waals surface area (Å²) in [7, 11) is 1.39. The van der Waals surface area contributed by atoms with Gasteiger partial charge in [-0.2, -0.15) is 11.3 Å². The largest absolute Gasteiger partial charge is 0.469 e. The lowest BCUT2D eigenvalue weighted by Crippen LogP contribution is -2.31. The van der Waals surface area contributed by atoms with E-state index in [1.165, 1.54) is 7.11 Å². The number of hydrogen-bond acceptors (Lipinski definition) is 4. The van der Waals surface area contributed by atoms with E-state index < -0.39 is 0 Å². The normalized spacial score (nSPS) is 23.1. The first-order valence-corrected chi connectivity index (χ1v) is 6.92. The Morgan fingerprint density at radius 2 is 2.28 bits per heavy atom. The van der Waals surface area contributed by atoms with Crippen LogP contribution in [-0.2, 0) is 20.7 Å². The van der Waals surface area contributed by atoms with E-state index in [4.69, 9.17) is 4.74 Å². The standard InChI is InChI=1S/C13H17NO3S/c1-9-6-14(7-11(9)13(16)17-2)12(15)5-10-3-4-18-8-10/h3-4,8-9,11H,5-7H2,1-2H3. The summed E-state index contributed by atoms with van der Waals surface area (Å²) in [6.07, 6.45) is 0.421. The summed E-state index contributed by atoms with van der Waals surface area (Å²) in [4.78, 5) is 25.4. The second kappa shape index (κ2) is 5.52. The van der Waals surface area contributed by atoms with E-state index >= 15 is 0 Å². The molecular formula is C13H17NO3S. The van der Waals surface area contributed by atoms with Crippen molar-refractivity contribution < 1.29 is 14.3 Å². The first kappa shape index (κ1) is 13.1. The molecule has 18 heavy (non-hydrogen) atoms. The summed E-state index contributed by atoms with van der Waals surface area (Å²) in [5.41, 5.74) is 1.04. The Labute approximate surface area is 111 Å². The quantitative estimate of drug-likeness (QED) is 0.781. The summed E-state index contributed by atoms with van der Waals surface area (Å²) in [5.74, 6) is -0.134. The summed E-state index contributed by atoms with van der Waals surface area (Å²) < 4.78 is 4.76. The van der Waals surface area contributed by atoms with Gasteiger partial charge in [-0.05, 0) is 28.3 Å². The maximum atomic E-state index is 12.1. The number of likely N-dealkylation sites (tertiary alicyclic amines) is 1. The maximum absolute atomic E-state index is 12.1. The predicted molar refractivity (Wildman–Crippen MR) is 69.3 cm³/mol. The molecule has 98 valence electrons. The summed E-state index contributed by atoms with van der Waals surface area (Å²) in [5, 5.41) is 3.95. The molecule has 0 aromatic carbocycles. The number of methoxy groups -OCH3 is 1. The Morgan fingerprint density at radius 3 is 2.89 bits per heavy atom. The van der Waals surface area contributed by atoms with Crippen LogP contribution in [0.3, 0.4) is 0 Å². The van der Waals surface area contributed by atoms with Crippen molar-refractivity contribution in [3.8, 4) is 0 Å². The molecule has 2 rings (SSSR count). The van der Waals surface area contributed by atoms with Crippen molar-refractivity contribution in [1.82, 2.24) is 4.90 Å². The Balaban J connectivity index is 1.95. The van der Waals surface area contributed by atoms with E-state index in [0.717, 1.165) is 5.56 Å². The van der Waals surface area contributed by atoms with E-state index in [9.17, 15) is 9.59 Å². The average molecular weight is 267 g/mol. The molecule has 1 aliphatic heterocycles. The molecule has 1 fully saturated rings. The van der Waals surface area contributed by atoms with Crippen molar-refractivity contribution >= 4 is 23.2 Å². The number of amides is 1. The van der Waals surface area contributed by atoms with Gasteiger partial charge in [0.25, 0.3) is 0 Å². The second-order valence-corrected chi connectivity index (χ2v) is 5.49. The van der Waals surface area contributed by atoms with Crippen LogP contribution in [0.25, 0.3) is 0 Å². The van der Waals surface area contributed by atoms with Crippen molar-refractivity contribution in [3.05, 3.63) is 22.4 Å². The third-order valence-corrected chi connectivity index (χ3v) is 4.14. The lowest BCUT2D eigenvalue weighted by atomic mass is 9.99. The van der Waals surface area contributed by atoms with E-state index in [2.05, 4.69) is 0 Å². The van der Waals surface area contributed by atoms with Crippen molar-refractivity contribution in [2.45, 2.75) is 13.3 Å². The lowest BCUT2D eigenvalue weighted by molar-refractivity contribution is -0.146. The monoisotopic (exact) mass is 267 g/mol. The Hall–Kier alpha value is -1.36. The second-order valence-electron chi connectivity index (χ2n) is 4.71. The number of hydrogen-bond donors (Lipinski definition) is 0. The van der Waals surface area contributed by atoms with Gasteiger partial charge in [0.15, 0.2) is 0 Å². The molecule has 1 amide bonds. The zero-order valence-corrected chi connectivity index (χ0v) is 11.4. The molecule has 0 bridgehead atoms. The first-order valence-electron chi connectivity index (χ1n) is 5.98. The molecule has 1 aromatic rings. The smallest absolute Gasteiger partial charge is 0.310 e. The van der Waals surface area contributed by atoms with Crippen LogP contribution in [0.5, 0.6) is 0 Å². The van der Waals surface area contributed by atoms with Crippen molar-refractivity contribution in [1.29, 1.82) is 0 Å². The van der Waals surface area contributed by atoms with Gasteiger partial charge in [-0.15, -0.1) is 0 Å². The molecule has 0 radical (unpaired) electrons. The van der Waals surface area contributed by atoms with Crippen LogP contribution in [0.2, 0.25) is 0 Å². The van der Waals surface area contributed by atoms with Gasteiger partial charge in [0.1, 0.15) is 0 Å². The number of ether oxygens (including phenoxy) is 1. The fourth-order valence-electron chi connectivity index (χ4n) is 2.31. The van der Waals surface area contributed by atoms with Crippen LogP contribution in [0.4, 0.5) is 0 Å². The minimum atomic E-state index is -0.215. The van der Waals surface area contributed by atoms with E-state index in [1.54, 1.807) is 16.2 Å². The van der Waals surface area contributed by atoms with Gasteiger partial charge in [-0.25, -0.2) is 0 Å². The van der Waals surface area contributed by atoms with Gasteiger partial charge in [-0.1, -0.05) is 6.92 Å². The molecule has 4 nitrogen and oxygen atoms in total. The van der Waals surface area contributed by atoms with Crippen LogP contribution in [0.15, 0.2) is 16.8 Å². The highest BCUT2D eigenvalue weighted by Gasteiger charge is 2.37. The SMILES string of the molecule is COC(=O)C1CN(C(=O)Cc2ccsc2)CC1C. The fourth-order valence-corrected chi connectivity index (χ4v) is 2.98. The van der Waals surface area contributed by atoms with Crippen molar-refractivity contribution in [2.75, 3.05) is 20.2 Å². The third kappa shape index (κ3) is 2.72. The molecule has 1 saturated heterocycles. The molecule has 0 N–H and O–H groups in total. The first-order chi connectivity index (χ1) is 8.61. The van der Waals surface area contributed by atoms with Crippen LogP contribution in [0.1, 0.15) is 12.5 Å². The van der Waals surface area contributed by atoms with Crippen LogP contribution < -0.4 is 0 Å². The van der Waals surface area contributed by atoms with Crippen LogP contribution in [-0.4, -0.2) is 37.0 Å². The molecule has 0 spiro atoms. The highest BCUT2D eigenvalue weighted by atomic mass is 32.1. The highest BCUT2D eigenvalue weighted by molar-refractivity contribution is 7.07. The molecular weight excluding hydrogens is 250 g/mol. The minimum absolute atomic E-state index is 0.0895. The number of thiophene rings is 1. The number of carbonyl (C=O) groups excluding carboxylic acids is 2. The molecule has 0 saturated carbocycles. The topological polar surface area (TPSA) is 46.6 Å². The molecule has 5 heteroatoms. The summed E-state index contributed by atoms with van der Waals surface area (Å²) >= 11 is 1.59. The predicted octanol–water partition coefficient (Wildman–Crippen LogP) is 1.56. The number of nitrogens with zero attached hydrogens (tertiary/aromatic N) is 1. The number of carbonyl (C=O) groups is 2. The molecule has 2 heterocycles. The zero-order chi connectivity index (χ0) is 13.1. The van der Waals surface area contributed by atoms with Crippen LogP contribution in [0, 0.1) is 11.8 Å². The van der Waals surface area contributed by atoms with Crippen molar-refractivity contribution in [2.24, 2.45) is 11.8 Å². The third-order valence-electron chi connectivity index (χ3n) is 3.40. The van der Waals surface area contributed by atoms with E-state index in [1.807, 2.05) is 23.8 Å².